The van der Waals surface area contributed by atoms with E-state index in [4.69, 9.17) is 0 Å². The van der Waals surface area contributed by atoms with Gasteiger partial charge in [-0.2, -0.15) is 0 Å². The van der Waals surface area contributed by atoms with Gasteiger partial charge in [0, 0.05) is 30.9 Å². The van der Waals surface area contributed by atoms with Crippen LogP contribution in [0.3, 0.4) is 0 Å². The second-order valence-electron chi connectivity index (χ2n) is 6.56. The van der Waals surface area contributed by atoms with Gasteiger partial charge in [-0.25, -0.2) is 13.1 Å². The van der Waals surface area contributed by atoms with Gasteiger partial charge >= 0.3 is 0 Å². The molecule has 1 aliphatic rings. The Morgan fingerprint density at radius 1 is 1.07 bits per heavy atom. The van der Waals surface area contributed by atoms with Gasteiger partial charge in [0.1, 0.15) is 0 Å². The zero-order valence-electron chi connectivity index (χ0n) is 15.4. The van der Waals surface area contributed by atoms with Crippen molar-refractivity contribution < 1.29 is 13.2 Å². The van der Waals surface area contributed by atoms with Crippen LogP contribution in [-0.2, 0) is 10.0 Å². The van der Waals surface area contributed by atoms with Gasteiger partial charge in [-0.15, -0.1) is 0 Å². The van der Waals surface area contributed by atoms with E-state index < -0.39 is 10.0 Å². The van der Waals surface area contributed by atoms with Crippen molar-refractivity contribution in [3.05, 3.63) is 54.1 Å². The Morgan fingerprint density at radius 3 is 2.26 bits per heavy atom. The molecule has 0 heterocycles. The molecule has 2 aromatic rings. The van der Waals surface area contributed by atoms with Crippen LogP contribution in [-0.4, -0.2) is 34.0 Å². The standard InChI is InChI=1S/C19H24N4O3S/c1-3-23(2)17-10-4-14(5-11-17)19(24)21-20-15-8-12-18(13-9-15)27(25,26)22-16-6-7-16/h4-5,8-13,16,20,22H,3,6-7H2,1-2H3,(H,21,24). The van der Waals surface area contributed by atoms with E-state index in [0.29, 0.717) is 11.3 Å². The second kappa shape index (κ2) is 7.98. The van der Waals surface area contributed by atoms with Crippen LogP contribution in [0.25, 0.3) is 0 Å². The Kier molecular flexibility index (Phi) is 5.67. The molecular weight excluding hydrogens is 364 g/mol. The minimum absolute atomic E-state index is 0.0654. The highest BCUT2D eigenvalue weighted by atomic mass is 32.2. The molecule has 1 saturated carbocycles. The molecule has 144 valence electrons. The number of benzene rings is 2. The summed E-state index contributed by atoms with van der Waals surface area (Å²) in [6, 6.07) is 13.6. The van der Waals surface area contributed by atoms with Crippen molar-refractivity contribution in [1.29, 1.82) is 0 Å². The highest BCUT2D eigenvalue weighted by Crippen LogP contribution is 2.22. The number of sulfonamides is 1. The summed E-state index contributed by atoms with van der Waals surface area (Å²) in [4.78, 5) is 14.5. The Balaban J connectivity index is 1.57. The van der Waals surface area contributed by atoms with Gasteiger partial charge in [0.15, 0.2) is 0 Å². The van der Waals surface area contributed by atoms with Gasteiger partial charge < -0.3 is 4.90 Å². The maximum atomic E-state index is 12.2. The van der Waals surface area contributed by atoms with E-state index in [1.54, 1.807) is 24.3 Å². The molecular formula is C19H24N4O3S. The smallest absolute Gasteiger partial charge is 0.269 e. The van der Waals surface area contributed by atoms with E-state index in [2.05, 4.69) is 27.4 Å². The third-order valence-corrected chi connectivity index (χ3v) is 5.97. The molecule has 0 spiro atoms. The predicted octanol–water partition coefficient (Wildman–Crippen LogP) is 2.34. The van der Waals surface area contributed by atoms with Crippen LogP contribution in [0.4, 0.5) is 11.4 Å². The van der Waals surface area contributed by atoms with Crippen LogP contribution in [0.1, 0.15) is 30.1 Å². The van der Waals surface area contributed by atoms with Crippen molar-refractivity contribution in [3.8, 4) is 0 Å². The summed E-state index contributed by atoms with van der Waals surface area (Å²) in [5, 5.41) is 0. The van der Waals surface area contributed by atoms with Gasteiger partial charge in [-0.05, 0) is 68.3 Å². The van der Waals surface area contributed by atoms with Gasteiger partial charge in [0.05, 0.1) is 10.6 Å². The molecule has 0 bridgehead atoms. The van der Waals surface area contributed by atoms with Crippen LogP contribution >= 0.6 is 0 Å². The number of amides is 1. The number of hydrogen-bond acceptors (Lipinski definition) is 5. The maximum Gasteiger partial charge on any atom is 0.269 e. The molecule has 0 atom stereocenters. The molecule has 0 aliphatic heterocycles. The van der Waals surface area contributed by atoms with E-state index in [9.17, 15) is 13.2 Å². The molecule has 1 fully saturated rings. The Hall–Kier alpha value is -2.58. The topological polar surface area (TPSA) is 90.5 Å². The number of nitrogens with one attached hydrogen (secondary N) is 3. The van der Waals surface area contributed by atoms with E-state index in [0.717, 1.165) is 25.1 Å². The Bertz CT molecular complexity index is 892. The predicted molar refractivity (Wildman–Crippen MR) is 106 cm³/mol. The van der Waals surface area contributed by atoms with Crippen molar-refractivity contribution in [2.45, 2.75) is 30.7 Å². The number of anilines is 2. The molecule has 2 aromatic carbocycles. The second-order valence-corrected chi connectivity index (χ2v) is 8.27. The number of carbonyl (C=O) groups is 1. The van der Waals surface area contributed by atoms with E-state index in [1.165, 1.54) is 12.1 Å². The van der Waals surface area contributed by atoms with Crippen molar-refractivity contribution in [2.24, 2.45) is 0 Å². The molecule has 0 radical (unpaired) electrons. The molecule has 27 heavy (non-hydrogen) atoms. The fourth-order valence-corrected chi connectivity index (χ4v) is 3.76. The van der Waals surface area contributed by atoms with Crippen LogP contribution in [0, 0.1) is 0 Å². The number of carbonyl (C=O) groups excluding carboxylic acids is 1. The van der Waals surface area contributed by atoms with Crippen molar-refractivity contribution in [3.63, 3.8) is 0 Å². The van der Waals surface area contributed by atoms with Crippen LogP contribution in [0.15, 0.2) is 53.4 Å². The normalized spacial score (nSPS) is 13.9. The summed E-state index contributed by atoms with van der Waals surface area (Å²) in [7, 11) is -1.48. The quantitative estimate of drug-likeness (QED) is 0.604. The van der Waals surface area contributed by atoms with E-state index in [1.807, 2.05) is 19.2 Å². The molecule has 0 saturated heterocycles. The lowest BCUT2D eigenvalue weighted by Gasteiger charge is -2.17. The van der Waals surface area contributed by atoms with E-state index >= 15 is 0 Å². The Labute approximate surface area is 159 Å². The number of hydrazine groups is 1. The first kappa shape index (κ1) is 19.2. The Morgan fingerprint density at radius 2 is 1.70 bits per heavy atom. The zero-order valence-corrected chi connectivity index (χ0v) is 16.2. The molecule has 3 rings (SSSR count). The van der Waals surface area contributed by atoms with Crippen LogP contribution in [0.2, 0.25) is 0 Å². The molecule has 0 unspecified atom stereocenters. The number of rotatable bonds is 8. The van der Waals surface area contributed by atoms with Gasteiger partial charge in [-0.3, -0.25) is 15.6 Å². The molecule has 7 nitrogen and oxygen atoms in total. The van der Waals surface area contributed by atoms with Crippen molar-refractivity contribution in [1.82, 2.24) is 10.1 Å². The summed E-state index contributed by atoms with van der Waals surface area (Å²) in [5.74, 6) is -0.271. The van der Waals surface area contributed by atoms with Gasteiger partial charge in [0.2, 0.25) is 10.0 Å². The maximum absolute atomic E-state index is 12.2. The van der Waals surface area contributed by atoms with E-state index in [-0.39, 0.29) is 16.8 Å². The van der Waals surface area contributed by atoms with Crippen LogP contribution < -0.4 is 20.5 Å². The zero-order chi connectivity index (χ0) is 19.4. The summed E-state index contributed by atoms with van der Waals surface area (Å²) in [6.45, 7) is 2.94. The lowest BCUT2D eigenvalue weighted by atomic mass is 10.2. The monoisotopic (exact) mass is 388 g/mol. The average molecular weight is 388 g/mol. The molecule has 8 heteroatoms. The fourth-order valence-electron chi connectivity index (χ4n) is 2.46. The summed E-state index contributed by atoms with van der Waals surface area (Å²) >= 11 is 0. The third kappa shape index (κ3) is 4.99. The molecule has 0 aromatic heterocycles. The average Bonchev–Trinajstić information content (AvgIpc) is 3.49. The number of hydrogen-bond donors (Lipinski definition) is 3. The first-order valence-electron chi connectivity index (χ1n) is 8.89. The molecule has 1 aliphatic carbocycles. The fraction of sp³-hybridized carbons (Fsp3) is 0.316. The van der Waals surface area contributed by atoms with Gasteiger partial charge in [-0.1, -0.05) is 0 Å². The minimum Gasteiger partial charge on any atom is -0.375 e. The molecule has 1 amide bonds. The summed E-state index contributed by atoms with van der Waals surface area (Å²) in [5.41, 5.74) is 7.57. The van der Waals surface area contributed by atoms with Gasteiger partial charge in [0.25, 0.3) is 5.91 Å². The SMILES string of the molecule is CCN(C)c1ccc(C(=O)NNc2ccc(S(=O)(=O)NC3CC3)cc2)cc1. The summed E-state index contributed by atoms with van der Waals surface area (Å²) in [6.07, 6.45) is 1.78. The summed E-state index contributed by atoms with van der Waals surface area (Å²) < 4.78 is 26.9. The largest absolute Gasteiger partial charge is 0.375 e. The highest BCUT2D eigenvalue weighted by Gasteiger charge is 2.27. The highest BCUT2D eigenvalue weighted by molar-refractivity contribution is 7.89. The third-order valence-electron chi connectivity index (χ3n) is 4.43. The first-order valence-corrected chi connectivity index (χ1v) is 10.4. The lowest BCUT2D eigenvalue weighted by molar-refractivity contribution is 0.0962. The molecule has 3 N–H and O–H groups in total. The number of nitrogens with zero attached hydrogens (tertiary/aromatic N) is 1. The first-order chi connectivity index (χ1) is 12.9. The lowest BCUT2D eigenvalue weighted by Crippen LogP contribution is -2.29. The van der Waals surface area contributed by atoms with Crippen molar-refractivity contribution in [2.75, 3.05) is 23.9 Å². The van der Waals surface area contributed by atoms with Crippen LogP contribution in [0.5, 0.6) is 0 Å². The van der Waals surface area contributed by atoms with Crippen molar-refractivity contribution >= 4 is 27.3 Å². The minimum atomic E-state index is -3.47.